The predicted octanol–water partition coefficient (Wildman–Crippen LogP) is 5.50. The number of ether oxygens (including phenoxy) is 1. The number of carbonyl (C=O) groups excluding carboxylic acids is 1. The first-order valence-electron chi connectivity index (χ1n) is 10.7. The second kappa shape index (κ2) is 9.88. The zero-order chi connectivity index (χ0) is 22.5. The van der Waals surface area contributed by atoms with Crippen LogP contribution in [0.15, 0.2) is 72.8 Å². The van der Waals surface area contributed by atoms with Crippen molar-refractivity contribution in [2.24, 2.45) is 0 Å². The molecule has 0 spiro atoms. The smallest absolute Gasteiger partial charge is 0.224 e. The van der Waals surface area contributed by atoms with Gasteiger partial charge in [0.15, 0.2) is 0 Å². The zero-order valence-corrected chi connectivity index (χ0v) is 19.0. The van der Waals surface area contributed by atoms with Crippen LogP contribution in [0.3, 0.4) is 0 Å². The Labute approximate surface area is 193 Å². The predicted molar refractivity (Wildman–Crippen MR) is 128 cm³/mol. The minimum absolute atomic E-state index is 0.0607. The quantitative estimate of drug-likeness (QED) is 0.388. The van der Waals surface area contributed by atoms with Crippen molar-refractivity contribution >= 4 is 28.5 Å². The average molecular weight is 448 g/mol. The molecular weight excluding hydrogens is 422 g/mol. The van der Waals surface area contributed by atoms with Crippen molar-refractivity contribution in [2.75, 3.05) is 6.61 Å². The normalized spacial score (nSPS) is 12.0. The standard InChI is InChI=1S/C26H26ClN3O2/c1-18-6-5-7-22(16-18)32-15-14-30-24-9-4-3-8-23(24)29-26(30)19(2)28-25(31)17-20-10-12-21(27)13-11-20/h3-13,16,19H,14-15,17H2,1-2H3,(H,28,31). The van der Waals surface area contributed by atoms with E-state index in [-0.39, 0.29) is 18.4 Å². The van der Waals surface area contributed by atoms with Crippen LogP contribution in [0, 0.1) is 6.92 Å². The molecule has 1 N–H and O–H groups in total. The van der Waals surface area contributed by atoms with Crippen molar-refractivity contribution in [1.29, 1.82) is 0 Å². The third-order valence-electron chi connectivity index (χ3n) is 5.30. The number of nitrogens with zero attached hydrogens (tertiary/aromatic N) is 2. The van der Waals surface area contributed by atoms with Gasteiger partial charge in [0.1, 0.15) is 18.2 Å². The molecule has 1 aromatic heterocycles. The van der Waals surface area contributed by atoms with E-state index in [9.17, 15) is 4.79 Å². The molecule has 0 radical (unpaired) electrons. The lowest BCUT2D eigenvalue weighted by Gasteiger charge is -2.17. The maximum Gasteiger partial charge on any atom is 0.224 e. The molecule has 1 amide bonds. The average Bonchev–Trinajstić information content (AvgIpc) is 3.14. The van der Waals surface area contributed by atoms with Gasteiger partial charge in [-0.25, -0.2) is 4.98 Å². The van der Waals surface area contributed by atoms with Gasteiger partial charge >= 0.3 is 0 Å². The molecule has 3 aromatic carbocycles. The zero-order valence-electron chi connectivity index (χ0n) is 18.2. The van der Waals surface area contributed by atoms with Gasteiger partial charge in [-0.1, -0.05) is 48.0 Å². The van der Waals surface area contributed by atoms with Crippen molar-refractivity contribution in [3.8, 4) is 5.75 Å². The largest absolute Gasteiger partial charge is 0.492 e. The summed E-state index contributed by atoms with van der Waals surface area (Å²) in [4.78, 5) is 17.4. The minimum atomic E-state index is -0.249. The van der Waals surface area contributed by atoms with Crippen LogP contribution in [-0.4, -0.2) is 22.1 Å². The highest BCUT2D eigenvalue weighted by atomic mass is 35.5. The topological polar surface area (TPSA) is 56.1 Å². The summed E-state index contributed by atoms with van der Waals surface area (Å²) < 4.78 is 8.09. The van der Waals surface area contributed by atoms with Crippen LogP contribution < -0.4 is 10.1 Å². The van der Waals surface area contributed by atoms with Gasteiger partial charge in [-0.15, -0.1) is 0 Å². The summed E-state index contributed by atoms with van der Waals surface area (Å²) in [5.41, 5.74) is 4.00. The van der Waals surface area contributed by atoms with E-state index in [2.05, 4.69) is 9.88 Å². The van der Waals surface area contributed by atoms with Gasteiger partial charge in [0, 0.05) is 5.02 Å². The minimum Gasteiger partial charge on any atom is -0.492 e. The molecule has 0 aliphatic heterocycles. The molecule has 1 atom stereocenters. The number of aromatic nitrogens is 2. The third-order valence-corrected chi connectivity index (χ3v) is 5.55. The highest BCUT2D eigenvalue weighted by molar-refractivity contribution is 6.30. The Morgan fingerprint density at radius 3 is 2.66 bits per heavy atom. The van der Waals surface area contributed by atoms with Gasteiger partial charge in [0.2, 0.25) is 5.91 Å². The number of imidazole rings is 1. The van der Waals surface area contributed by atoms with Crippen molar-refractivity contribution in [3.63, 3.8) is 0 Å². The summed E-state index contributed by atoms with van der Waals surface area (Å²) in [6, 6.07) is 23.1. The van der Waals surface area contributed by atoms with Gasteiger partial charge in [0.25, 0.3) is 0 Å². The number of rotatable bonds is 8. The number of nitrogens with one attached hydrogen (secondary N) is 1. The fourth-order valence-electron chi connectivity index (χ4n) is 3.76. The summed E-state index contributed by atoms with van der Waals surface area (Å²) >= 11 is 5.94. The van der Waals surface area contributed by atoms with Crippen molar-refractivity contribution in [2.45, 2.75) is 32.9 Å². The van der Waals surface area contributed by atoms with Gasteiger partial charge in [-0.2, -0.15) is 0 Å². The second-order valence-corrected chi connectivity index (χ2v) is 8.30. The van der Waals surface area contributed by atoms with Crippen LogP contribution in [-0.2, 0) is 17.8 Å². The molecule has 0 saturated heterocycles. The molecule has 32 heavy (non-hydrogen) atoms. The number of halogens is 1. The number of fused-ring (bicyclic) bond motifs is 1. The van der Waals surface area contributed by atoms with E-state index in [0.717, 1.165) is 33.7 Å². The highest BCUT2D eigenvalue weighted by Gasteiger charge is 2.18. The van der Waals surface area contributed by atoms with Crippen LogP contribution in [0.25, 0.3) is 11.0 Å². The summed E-state index contributed by atoms with van der Waals surface area (Å²) in [5, 5.41) is 3.74. The first-order valence-corrected chi connectivity index (χ1v) is 11.1. The summed E-state index contributed by atoms with van der Waals surface area (Å²) in [6.07, 6.45) is 0.290. The molecule has 0 aliphatic rings. The monoisotopic (exact) mass is 447 g/mol. The molecule has 4 rings (SSSR count). The van der Waals surface area contributed by atoms with Gasteiger partial charge in [-0.05, 0) is 61.4 Å². The molecule has 6 heteroatoms. The van der Waals surface area contributed by atoms with Crippen molar-refractivity contribution < 1.29 is 9.53 Å². The number of hydrogen-bond donors (Lipinski definition) is 1. The molecule has 5 nitrogen and oxygen atoms in total. The van der Waals surface area contributed by atoms with E-state index < -0.39 is 0 Å². The number of benzene rings is 3. The van der Waals surface area contributed by atoms with Gasteiger partial charge in [0.05, 0.1) is 30.0 Å². The van der Waals surface area contributed by atoms with E-state index in [0.29, 0.717) is 18.2 Å². The molecule has 1 heterocycles. The summed E-state index contributed by atoms with van der Waals surface area (Å²) in [5.74, 6) is 1.60. The Hall–Kier alpha value is -3.31. The Kier molecular flexibility index (Phi) is 6.76. The SMILES string of the molecule is Cc1cccc(OCCn2c(C(C)NC(=O)Cc3ccc(Cl)cc3)nc3ccccc32)c1. The Morgan fingerprint density at radius 2 is 1.88 bits per heavy atom. The maximum atomic E-state index is 12.6. The van der Waals surface area contributed by atoms with Crippen molar-refractivity contribution in [3.05, 3.63) is 94.8 Å². The molecule has 164 valence electrons. The molecule has 1 unspecified atom stereocenters. The molecule has 0 aliphatic carbocycles. The highest BCUT2D eigenvalue weighted by Crippen LogP contribution is 2.21. The Morgan fingerprint density at radius 1 is 1.09 bits per heavy atom. The van der Waals surface area contributed by atoms with E-state index in [1.54, 1.807) is 12.1 Å². The molecule has 0 fully saturated rings. The van der Waals surface area contributed by atoms with E-state index in [1.165, 1.54) is 0 Å². The van der Waals surface area contributed by atoms with Crippen LogP contribution in [0.4, 0.5) is 0 Å². The number of hydrogen-bond acceptors (Lipinski definition) is 3. The summed E-state index contributed by atoms with van der Waals surface area (Å²) in [6.45, 7) is 5.13. The van der Waals surface area contributed by atoms with E-state index in [4.69, 9.17) is 21.3 Å². The molecule has 4 aromatic rings. The number of amides is 1. The lowest BCUT2D eigenvalue weighted by Crippen LogP contribution is -2.30. The second-order valence-electron chi connectivity index (χ2n) is 7.87. The number of aryl methyl sites for hydroxylation is 1. The number of carbonyl (C=O) groups is 1. The number of para-hydroxylation sites is 2. The van der Waals surface area contributed by atoms with Gasteiger partial charge in [-0.3, -0.25) is 4.79 Å². The lowest BCUT2D eigenvalue weighted by molar-refractivity contribution is -0.121. The Balaban J connectivity index is 1.48. The molecular formula is C26H26ClN3O2. The van der Waals surface area contributed by atoms with Crippen LogP contribution in [0.5, 0.6) is 5.75 Å². The first kappa shape index (κ1) is 21.9. The third kappa shape index (κ3) is 5.29. The maximum absolute atomic E-state index is 12.6. The fraction of sp³-hybridized carbons (Fsp3) is 0.231. The first-order chi connectivity index (χ1) is 15.5. The van der Waals surface area contributed by atoms with E-state index >= 15 is 0 Å². The van der Waals surface area contributed by atoms with Crippen LogP contribution in [0.1, 0.15) is 29.9 Å². The summed E-state index contributed by atoms with van der Waals surface area (Å²) in [7, 11) is 0. The van der Waals surface area contributed by atoms with Crippen molar-refractivity contribution in [1.82, 2.24) is 14.9 Å². The lowest BCUT2D eigenvalue weighted by atomic mass is 10.1. The Bertz CT molecular complexity index is 1220. The van der Waals surface area contributed by atoms with E-state index in [1.807, 2.05) is 74.5 Å². The van der Waals surface area contributed by atoms with Crippen LogP contribution in [0.2, 0.25) is 5.02 Å². The fourth-order valence-corrected chi connectivity index (χ4v) is 3.89. The molecule has 0 bridgehead atoms. The molecule has 0 saturated carbocycles. The van der Waals surface area contributed by atoms with Gasteiger partial charge < -0.3 is 14.6 Å². The van der Waals surface area contributed by atoms with Crippen LogP contribution >= 0.6 is 11.6 Å².